The van der Waals surface area contributed by atoms with Gasteiger partial charge in [0.2, 0.25) is 5.91 Å². The zero-order valence-electron chi connectivity index (χ0n) is 9.42. The molecule has 6 heteroatoms. The zero-order valence-corrected chi connectivity index (χ0v) is 10.2. The van der Waals surface area contributed by atoms with Crippen LogP contribution in [0.4, 0.5) is 0 Å². The Morgan fingerprint density at radius 3 is 3.12 bits per heavy atom. The minimum Gasteiger partial charge on any atom is -0.383 e. The van der Waals surface area contributed by atoms with E-state index in [2.05, 4.69) is 4.98 Å². The maximum Gasteiger partial charge on any atom is 0.234 e. The molecular weight excluding hydrogens is 226 g/mol. The van der Waals surface area contributed by atoms with E-state index >= 15 is 0 Å². The predicted octanol–water partition coefficient (Wildman–Crippen LogP) is 0.640. The van der Waals surface area contributed by atoms with E-state index in [1.807, 2.05) is 22.7 Å². The second-order valence-electron chi connectivity index (χ2n) is 3.64. The molecule has 0 spiro atoms. The highest BCUT2D eigenvalue weighted by atomic mass is 32.2. The summed E-state index contributed by atoms with van der Waals surface area (Å²) in [6.45, 7) is 1.19. The van der Waals surface area contributed by atoms with Crippen LogP contribution in [0.15, 0.2) is 12.4 Å². The second-order valence-corrected chi connectivity index (χ2v) is 4.71. The molecule has 1 saturated heterocycles. The SMILES string of the molecule is COCCN1C(=O)CSC1c1nccn1C. The standard InChI is InChI=1S/C10H15N3O2S/c1-12-4-3-11-9(12)10-13(5-6-15-2)8(14)7-16-10/h3-4,10H,5-7H2,1-2H3. The number of imidazole rings is 1. The normalized spacial score (nSPS) is 20.8. The number of rotatable bonds is 4. The molecule has 2 rings (SSSR count). The molecule has 0 saturated carbocycles. The number of thioether (sulfide) groups is 1. The lowest BCUT2D eigenvalue weighted by Gasteiger charge is -2.22. The van der Waals surface area contributed by atoms with Gasteiger partial charge in [0, 0.05) is 33.1 Å². The smallest absolute Gasteiger partial charge is 0.234 e. The Morgan fingerprint density at radius 1 is 1.69 bits per heavy atom. The third kappa shape index (κ3) is 2.08. The van der Waals surface area contributed by atoms with Gasteiger partial charge in [-0.1, -0.05) is 0 Å². The monoisotopic (exact) mass is 241 g/mol. The minimum atomic E-state index is 0.0302. The number of methoxy groups -OCH3 is 1. The summed E-state index contributed by atoms with van der Waals surface area (Å²) in [5.74, 6) is 1.61. The van der Waals surface area contributed by atoms with E-state index in [0.29, 0.717) is 18.9 Å². The number of hydrogen-bond acceptors (Lipinski definition) is 4. The molecule has 88 valence electrons. The maximum atomic E-state index is 11.7. The molecular formula is C10H15N3O2S. The molecule has 0 N–H and O–H groups in total. The summed E-state index contributed by atoms with van der Waals surface area (Å²) >= 11 is 1.62. The number of hydrogen-bond donors (Lipinski definition) is 0. The highest BCUT2D eigenvalue weighted by Crippen LogP contribution is 2.37. The van der Waals surface area contributed by atoms with Crippen LogP contribution in [0.25, 0.3) is 0 Å². The molecule has 0 aliphatic carbocycles. The molecule has 1 unspecified atom stereocenters. The number of aromatic nitrogens is 2. The van der Waals surface area contributed by atoms with Gasteiger partial charge < -0.3 is 14.2 Å². The average Bonchev–Trinajstić information content (AvgIpc) is 2.82. The van der Waals surface area contributed by atoms with Crippen molar-refractivity contribution in [2.24, 2.45) is 7.05 Å². The van der Waals surface area contributed by atoms with E-state index in [4.69, 9.17) is 4.74 Å². The molecule has 1 atom stereocenters. The Morgan fingerprint density at radius 2 is 2.50 bits per heavy atom. The van der Waals surface area contributed by atoms with Crippen molar-refractivity contribution in [2.75, 3.05) is 26.0 Å². The van der Waals surface area contributed by atoms with Crippen molar-refractivity contribution in [1.82, 2.24) is 14.5 Å². The van der Waals surface area contributed by atoms with Crippen molar-refractivity contribution in [2.45, 2.75) is 5.37 Å². The first-order valence-electron chi connectivity index (χ1n) is 5.11. The van der Waals surface area contributed by atoms with Crippen molar-refractivity contribution in [3.8, 4) is 0 Å². The molecule has 0 bridgehead atoms. The van der Waals surface area contributed by atoms with Gasteiger partial charge in [0.15, 0.2) is 0 Å². The van der Waals surface area contributed by atoms with Crippen LogP contribution in [-0.4, -0.2) is 46.4 Å². The molecule has 1 aliphatic heterocycles. The molecule has 16 heavy (non-hydrogen) atoms. The molecule has 5 nitrogen and oxygen atoms in total. The average molecular weight is 241 g/mol. The van der Waals surface area contributed by atoms with E-state index in [9.17, 15) is 4.79 Å². The Labute approximate surface area is 98.8 Å². The Bertz CT molecular complexity index is 380. The largest absolute Gasteiger partial charge is 0.383 e. The van der Waals surface area contributed by atoms with Gasteiger partial charge in [-0.25, -0.2) is 4.98 Å². The van der Waals surface area contributed by atoms with Gasteiger partial charge in [-0.2, -0.15) is 0 Å². The molecule has 1 aliphatic rings. The summed E-state index contributed by atoms with van der Waals surface area (Å²) < 4.78 is 6.97. The third-order valence-corrected chi connectivity index (χ3v) is 3.78. The van der Waals surface area contributed by atoms with Crippen LogP contribution in [-0.2, 0) is 16.6 Å². The van der Waals surface area contributed by atoms with Crippen LogP contribution >= 0.6 is 11.8 Å². The van der Waals surface area contributed by atoms with Crippen molar-refractivity contribution in [3.63, 3.8) is 0 Å². The molecule has 1 aromatic rings. The Balaban J connectivity index is 2.14. The quantitative estimate of drug-likeness (QED) is 0.776. The third-order valence-electron chi connectivity index (χ3n) is 2.58. The number of nitrogens with zero attached hydrogens (tertiary/aromatic N) is 3. The molecule has 0 radical (unpaired) electrons. The van der Waals surface area contributed by atoms with Gasteiger partial charge in [-0.15, -0.1) is 11.8 Å². The van der Waals surface area contributed by atoms with Crippen LogP contribution in [0.1, 0.15) is 11.2 Å². The van der Waals surface area contributed by atoms with Gasteiger partial charge >= 0.3 is 0 Å². The molecule has 1 aromatic heterocycles. The first-order chi connectivity index (χ1) is 7.74. The van der Waals surface area contributed by atoms with Crippen molar-refractivity contribution in [3.05, 3.63) is 18.2 Å². The lowest BCUT2D eigenvalue weighted by molar-refractivity contribution is -0.128. The maximum absolute atomic E-state index is 11.7. The first-order valence-corrected chi connectivity index (χ1v) is 6.16. The molecule has 1 fully saturated rings. The lowest BCUT2D eigenvalue weighted by atomic mass is 10.4. The van der Waals surface area contributed by atoms with Crippen LogP contribution in [0.5, 0.6) is 0 Å². The highest BCUT2D eigenvalue weighted by molar-refractivity contribution is 8.00. The van der Waals surface area contributed by atoms with E-state index in [1.165, 1.54) is 0 Å². The summed E-state index contributed by atoms with van der Waals surface area (Å²) in [6.07, 6.45) is 3.65. The Kier molecular flexibility index (Phi) is 3.50. The van der Waals surface area contributed by atoms with Gasteiger partial charge in [0.05, 0.1) is 12.4 Å². The number of aryl methyl sites for hydroxylation is 1. The van der Waals surface area contributed by atoms with Crippen molar-refractivity contribution in [1.29, 1.82) is 0 Å². The number of ether oxygens (including phenoxy) is 1. The van der Waals surface area contributed by atoms with E-state index < -0.39 is 0 Å². The van der Waals surface area contributed by atoms with Gasteiger partial charge in [0.1, 0.15) is 11.2 Å². The predicted molar refractivity (Wildman–Crippen MR) is 62.0 cm³/mol. The fraction of sp³-hybridized carbons (Fsp3) is 0.600. The summed E-state index contributed by atoms with van der Waals surface area (Å²) in [5.41, 5.74) is 0. The number of amides is 1. The summed E-state index contributed by atoms with van der Waals surface area (Å²) in [5, 5.41) is 0.0302. The van der Waals surface area contributed by atoms with E-state index in [0.717, 1.165) is 5.82 Å². The van der Waals surface area contributed by atoms with Crippen LogP contribution in [0.3, 0.4) is 0 Å². The fourth-order valence-electron chi connectivity index (χ4n) is 1.71. The topological polar surface area (TPSA) is 47.4 Å². The van der Waals surface area contributed by atoms with Crippen LogP contribution in [0.2, 0.25) is 0 Å². The second kappa shape index (κ2) is 4.88. The first kappa shape index (κ1) is 11.5. The number of carbonyl (C=O) groups excluding carboxylic acids is 1. The lowest BCUT2D eigenvalue weighted by Crippen LogP contribution is -2.32. The molecule has 2 heterocycles. The fourth-order valence-corrected chi connectivity index (χ4v) is 2.96. The van der Waals surface area contributed by atoms with Gasteiger partial charge in [-0.05, 0) is 0 Å². The number of carbonyl (C=O) groups is 1. The van der Waals surface area contributed by atoms with Crippen molar-refractivity contribution < 1.29 is 9.53 Å². The van der Waals surface area contributed by atoms with Crippen LogP contribution in [0, 0.1) is 0 Å². The summed E-state index contributed by atoms with van der Waals surface area (Å²) in [4.78, 5) is 17.8. The summed E-state index contributed by atoms with van der Waals surface area (Å²) in [7, 11) is 3.59. The van der Waals surface area contributed by atoms with Gasteiger partial charge in [0.25, 0.3) is 0 Å². The Hall–Kier alpha value is -1.01. The molecule has 1 amide bonds. The van der Waals surface area contributed by atoms with E-state index in [1.54, 1.807) is 25.1 Å². The van der Waals surface area contributed by atoms with Crippen LogP contribution < -0.4 is 0 Å². The summed E-state index contributed by atoms with van der Waals surface area (Å²) in [6, 6.07) is 0. The molecule has 0 aromatic carbocycles. The van der Waals surface area contributed by atoms with Gasteiger partial charge in [-0.3, -0.25) is 4.79 Å². The zero-order chi connectivity index (χ0) is 11.5. The van der Waals surface area contributed by atoms with E-state index in [-0.39, 0.29) is 11.3 Å². The minimum absolute atomic E-state index is 0.0302. The highest BCUT2D eigenvalue weighted by Gasteiger charge is 2.34. The van der Waals surface area contributed by atoms with Crippen molar-refractivity contribution >= 4 is 17.7 Å².